The van der Waals surface area contributed by atoms with E-state index >= 15 is 0 Å². The fourth-order valence-electron chi connectivity index (χ4n) is 1.25. The van der Waals surface area contributed by atoms with Crippen LogP contribution in [0, 0.1) is 5.92 Å². The lowest BCUT2D eigenvalue weighted by Crippen LogP contribution is -2.32. The van der Waals surface area contributed by atoms with E-state index in [4.69, 9.17) is 9.84 Å². The van der Waals surface area contributed by atoms with Crippen LogP contribution < -0.4 is 5.32 Å². The highest BCUT2D eigenvalue weighted by atomic mass is 16.5. The normalized spacial score (nSPS) is 12.5. The molecule has 0 aliphatic carbocycles. The second-order valence-electron chi connectivity index (χ2n) is 3.64. The van der Waals surface area contributed by atoms with Crippen molar-refractivity contribution in [2.24, 2.45) is 5.92 Å². The van der Waals surface area contributed by atoms with E-state index in [9.17, 15) is 4.79 Å². The van der Waals surface area contributed by atoms with Gasteiger partial charge in [-0.1, -0.05) is 20.3 Å². The van der Waals surface area contributed by atoms with Crippen LogP contribution in [0.2, 0.25) is 0 Å². The summed E-state index contributed by atoms with van der Waals surface area (Å²) in [6, 6.07) is 0. The number of rotatable bonds is 9. The maximum atomic E-state index is 11.2. The molecular formula is C11H23NO3. The van der Waals surface area contributed by atoms with Crippen LogP contribution in [0.4, 0.5) is 0 Å². The van der Waals surface area contributed by atoms with Gasteiger partial charge in [-0.2, -0.15) is 0 Å². The van der Waals surface area contributed by atoms with Crippen molar-refractivity contribution in [1.82, 2.24) is 5.32 Å². The van der Waals surface area contributed by atoms with Gasteiger partial charge in [0.1, 0.15) is 6.61 Å². The van der Waals surface area contributed by atoms with Crippen LogP contribution in [0.5, 0.6) is 0 Å². The Kier molecular flexibility index (Phi) is 9.52. The van der Waals surface area contributed by atoms with E-state index in [0.717, 1.165) is 19.3 Å². The smallest absolute Gasteiger partial charge is 0.246 e. The number of aliphatic hydroxyl groups is 1. The molecule has 0 rings (SSSR count). The highest BCUT2D eigenvalue weighted by Gasteiger charge is 2.07. The lowest BCUT2D eigenvalue weighted by Gasteiger charge is -2.14. The van der Waals surface area contributed by atoms with Crippen LogP contribution in [0.1, 0.15) is 33.1 Å². The molecule has 0 aromatic carbocycles. The van der Waals surface area contributed by atoms with Crippen molar-refractivity contribution in [1.29, 1.82) is 0 Å². The van der Waals surface area contributed by atoms with E-state index in [1.54, 1.807) is 0 Å². The van der Waals surface area contributed by atoms with Crippen LogP contribution in [0.15, 0.2) is 0 Å². The summed E-state index contributed by atoms with van der Waals surface area (Å²) < 4.78 is 5.11. The van der Waals surface area contributed by atoms with Crippen molar-refractivity contribution in [3.63, 3.8) is 0 Å². The van der Waals surface area contributed by atoms with E-state index in [-0.39, 0.29) is 19.1 Å². The molecule has 0 heterocycles. The average Bonchev–Trinajstić information content (AvgIpc) is 2.24. The minimum absolute atomic E-state index is 0.0696. The summed E-state index contributed by atoms with van der Waals surface area (Å²) in [5.41, 5.74) is 0. The van der Waals surface area contributed by atoms with Gasteiger partial charge in [0.2, 0.25) is 5.91 Å². The Hall–Kier alpha value is -0.610. The molecule has 1 atom stereocenters. The summed E-state index contributed by atoms with van der Waals surface area (Å²) >= 11 is 0. The maximum absolute atomic E-state index is 11.2. The average molecular weight is 217 g/mol. The zero-order chi connectivity index (χ0) is 11.5. The molecule has 0 aromatic heterocycles. The summed E-state index contributed by atoms with van der Waals surface area (Å²) in [4.78, 5) is 11.2. The topological polar surface area (TPSA) is 58.6 Å². The molecule has 0 spiro atoms. The van der Waals surface area contributed by atoms with Gasteiger partial charge in [0.15, 0.2) is 0 Å². The van der Waals surface area contributed by atoms with Gasteiger partial charge in [0, 0.05) is 19.8 Å². The van der Waals surface area contributed by atoms with E-state index in [2.05, 4.69) is 12.2 Å². The molecule has 0 aromatic rings. The standard InChI is InChI=1S/C11H23NO3/c1-3-7-15-9-11(14)12-8-10(4-2)5-6-13/h10,13H,3-9H2,1-2H3,(H,12,14). The van der Waals surface area contributed by atoms with Gasteiger partial charge in [-0.05, 0) is 18.8 Å². The van der Waals surface area contributed by atoms with Crippen molar-refractivity contribution in [2.75, 3.05) is 26.4 Å². The molecule has 4 heteroatoms. The van der Waals surface area contributed by atoms with Crippen LogP contribution in [-0.4, -0.2) is 37.4 Å². The minimum atomic E-state index is -0.0696. The van der Waals surface area contributed by atoms with E-state index in [1.165, 1.54) is 0 Å². The predicted molar refractivity (Wildman–Crippen MR) is 59.6 cm³/mol. The van der Waals surface area contributed by atoms with Crippen molar-refractivity contribution in [3.05, 3.63) is 0 Å². The number of carbonyl (C=O) groups is 1. The van der Waals surface area contributed by atoms with E-state index in [0.29, 0.717) is 19.1 Å². The lowest BCUT2D eigenvalue weighted by molar-refractivity contribution is -0.125. The fourth-order valence-corrected chi connectivity index (χ4v) is 1.25. The summed E-state index contributed by atoms with van der Waals surface area (Å²) in [5, 5.41) is 11.6. The molecule has 0 saturated carbocycles. The second kappa shape index (κ2) is 9.93. The van der Waals surface area contributed by atoms with Crippen molar-refractivity contribution in [3.8, 4) is 0 Å². The molecule has 0 bridgehead atoms. The van der Waals surface area contributed by atoms with E-state index < -0.39 is 0 Å². The molecule has 1 amide bonds. The zero-order valence-electron chi connectivity index (χ0n) is 9.79. The van der Waals surface area contributed by atoms with Crippen LogP contribution in [0.25, 0.3) is 0 Å². The Balaban J connectivity index is 3.50. The minimum Gasteiger partial charge on any atom is -0.396 e. The first-order valence-corrected chi connectivity index (χ1v) is 5.69. The van der Waals surface area contributed by atoms with Crippen LogP contribution in [0.3, 0.4) is 0 Å². The van der Waals surface area contributed by atoms with Gasteiger partial charge in [-0.25, -0.2) is 0 Å². The summed E-state index contributed by atoms with van der Waals surface area (Å²) in [6.07, 6.45) is 2.64. The second-order valence-corrected chi connectivity index (χ2v) is 3.64. The number of hydrogen-bond acceptors (Lipinski definition) is 3. The Morgan fingerprint density at radius 2 is 2.20 bits per heavy atom. The number of amides is 1. The van der Waals surface area contributed by atoms with Gasteiger partial charge in [0.05, 0.1) is 0 Å². The van der Waals surface area contributed by atoms with E-state index in [1.807, 2.05) is 6.92 Å². The Labute approximate surface area is 92.0 Å². The molecule has 0 fully saturated rings. The quantitative estimate of drug-likeness (QED) is 0.565. The van der Waals surface area contributed by atoms with Crippen molar-refractivity contribution >= 4 is 5.91 Å². The first-order valence-electron chi connectivity index (χ1n) is 5.69. The van der Waals surface area contributed by atoms with Crippen LogP contribution >= 0.6 is 0 Å². The number of hydrogen-bond donors (Lipinski definition) is 2. The molecular weight excluding hydrogens is 194 g/mol. The number of ether oxygens (including phenoxy) is 1. The molecule has 0 aliphatic heterocycles. The predicted octanol–water partition coefficient (Wildman–Crippen LogP) is 0.938. The van der Waals surface area contributed by atoms with Crippen LogP contribution in [-0.2, 0) is 9.53 Å². The summed E-state index contributed by atoms with van der Waals surface area (Å²) in [5.74, 6) is 0.296. The third kappa shape index (κ3) is 8.39. The van der Waals surface area contributed by atoms with Crippen molar-refractivity contribution in [2.45, 2.75) is 33.1 Å². The largest absolute Gasteiger partial charge is 0.396 e. The molecule has 0 aliphatic rings. The number of carbonyl (C=O) groups excluding carboxylic acids is 1. The lowest BCUT2D eigenvalue weighted by atomic mass is 10.0. The number of nitrogens with one attached hydrogen (secondary N) is 1. The molecule has 90 valence electrons. The Morgan fingerprint density at radius 3 is 2.73 bits per heavy atom. The highest BCUT2D eigenvalue weighted by Crippen LogP contribution is 2.05. The zero-order valence-corrected chi connectivity index (χ0v) is 9.79. The molecule has 1 unspecified atom stereocenters. The molecule has 4 nitrogen and oxygen atoms in total. The molecule has 2 N–H and O–H groups in total. The molecule has 0 saturated heterocycles. The maximum Gasteiger partial charge on any atom is 0.246 e. The van der Waals surface area contributed by atoms with Crippen molar-refractivity contribution < 1.29 is 14.6 Å². The van der Waals surface area contributed by atoms with Gasteiger partial charge >= 0.3 is 0 Å². The first-order chi connectivity index (χ1) is 7.24. The third-order valence-corrected chi connectivity index (χ3v) is 2.28. The Bertz CT molecular complexity index is 162. The highest BCUT2D eigenvalue weighted by molar-refractivity contribution is 5.77. The molecule has 0 radical (unpaired) electrons. The SMILES string of the molecule is CCCOCC(=O)NCC(CC)CCO. The van der Waals surface area contributed by atoms with Gasteiger partial charge in [0.25, 0.3) is 0 Å². The summed E-state index contributed by atoms with van der Waals surface area (Å²) in [7, 11) is 0. The fraction of sp³-hybridized carbons (Fsp3) is 0.909. The summed E-state index contributed by atoms with van der Waals surface area (Å²) in [6.45, 7) is 5.64. The van der Waals surface area contributed by atoms with Gasteiger partial charge in [-0.3, -0.25) is 4.79 Å². The Morgan fingerprint density at radius 1 is 1.47 bits per heavy atom. The van der Waals surface area contributed by atoms with Gasteiger partial charge in [-0.15, -0.1) is 0 Å². The van der Waals surface area contributed by atoms with Gasteiger partial charge < -0.3 is 15.2 Å². The number of aliphatic hydroxyl groups excluding tert-OH is 1. The first kappa shape index (κ1) is 14.4. The third-order valence-electron chi connectivity index (χ3n) is 2.28. The monoisotopic (exact) mass is 217 g/mol. The molecule has 15 heavy (non-hydrogen) atoms.